The van der Waals surface area contributed by atoms with Gasteiger partial charge in [-0.3, -0.25) is 14.5 Å². The zero-order chi connectivity index (χ0) is 17.1. The van der Waals surface area contributed by atoms with Crippen molar-refractivity contribution in [3.63, 3.8) is 0 Å². The van der Waals surface area contributed by atoms with Crippen LogP contribution in [0.25, 0.3) is 0 Å². The van der Waals surface area contributed by atoms with Crippen LogP contribution in [0.2, 0.25) is 0 Å². The lowest BCUT2D eigenvalue weighted by Crippen LogP contribution is -2.50. The Balaban J connectivity index is 1.56. The Labute approximate surface area is 137 Å². The van der Waals surface area contributed by atoms with Crippen molar-refractivity contribution in [1.82, 2.24) is 9.80 Å². The van der Waals surface area contributed by atoms with E-state index in [2.05, 4.69) is 0 Å². The summed E-state index contributed by atoms with van der Waals surface area (Å²) in [6.45, 7) is 1.96. The summed E-state index contributed by atoms with van der Waals surface area (Å²) in [7, 11) is 0. The highest BCUT2D eigenvalue weighted by Crippen LogP contribution is 2.14. The second-order valence-corrected chi connectivity index (χ2v) is 5.59. The Kier molecular flexibility index (Phi) is 4.71. The van der Waals surface area contributed by atoms with Gasteiger partial charge in [-0.15, -0.1) is 0 Å². The van der Waals surface area contributed by atoms with Gasteiger partial charge in [-0.25, -0.2) is 8.78 Å². The molecule has 0 N–H and O–H groups in total. The Morgan fingerprint density at radius 3 is 2.46 bits per heavy atom. The second kappa shape index (κ2) is 6.92. The molecule has 0 saturated carbocycles. The van der Waals surface area contributed by atoms with Crippen LogP contribution >= 0.6 is 0 Å². The number of carbonyl (C=O) groups is 2. The van der Waals surface area contributed by atoms with E-state index in [-0.39, 0.29) is 17.9 Å². The minimum Gasteiger partial charge on any atom is -0.461 e. The third kappa shape index (κ3) is 3.51. The zero-order valence-electron chi connectivity index (χ0n) is 12.9. The number of ketones is 1. The number of piperazine rings is 1. The van der Waals surface area contributed by atoms with E-state index in [9.17, 15) is 18.4 Å². The molecule has 2 heterocycles. The summed E-state index contributed by atoms with van der Waals surface area (Å²) in [6, 6.07) is 6.18. The number of Topliss-reactive ketones (excluding diaryl/α,β-unsaturated/α-hetero) is 1. The zero-order valence-corrected chi connectivity index (χ0v) is 12.9. The molecule has 1 saturated heterocycles. The maximum atomic E-state index is 13.7. The van der Waals surface area contributed by atoms with Crippen molar-refractivity contribution in [3.8, 4) is 0 Å². The number of rotatable bonds is 4. The number of halogens is 2. The maximum Gasteiger partial charge on any atom is 0.256 e. The number of nitrogens with zero attached hydrogens (tertiary/aromatic N) is 2. The molecule has 1 fully saturated rings. The van der Waals surface area contributed by atoms with Gasteiger partial charge in [0, 0.05) is 32.2 Å². The van der Waals surface area contributed by atoms with Gasteiger partial charge in [-0.05, 0) is 24.3 Å². The molecular formula is C17H16F2N2O3. The van der Waals surface area contributed by atoms with E-state index < -0.39 is 17.5 Å². The molecule has 0 spiro atoms. The molecule has 1 aliphatic rings. The first-order chi connectivity index (χ1) is 11.5. The molecule has 24 heavy (non-hydrogen) atoms. The van der Waals surface area contributed by atoms with E-state index in [0.29, 0.717) is 38.0 Å². The van der Waals surface area contributed by atoms with Crippen molar-refractivity contribution in [1.29, 1.82) is 0 Å². The molecule has 3 rings (SSSR count). The first-order valence-electron chi connectivity index (χ1n) is 7.58. The van der Waals surface area contributed by atoms with Gasteiger partial charge in [0.1, 0.15) is 11.6 Å². The lowest BCUT2D eigenvalue weighted by atomic mass is 10.1. The number of hydrogen-bond donors (Lipinski definition) is 0. The van der Waals surface area contributed by atoms with Gasteiger partial charge >= 0.3 is 0 Å². The van der Waals surface area contributed by atoms with E-state index in [1.54, 1.807) is 12.1 Å². The Bertz CT molecular complexity index is 738. The summed E-state index contributed by atoms with van der Waals surface area (Å²) in [5.74, 6) is -1.86. The van der Waals surface area contributed by atoms with Crippen LogP contribution < -0.4 is 0 Å². The lowest BCUT2D eigenvalue weighted by Gasteiger charge is -2.34. The van der Waals surface area contributed by atoms with Crippen molar-refractivity contribution in [2.75, 3.05) is 32.7 Å². The highest BCUT2D eigenvalue weighted by molar-refractivity contribution is 5.95. The average molecular weight is 334 g/mol. The van der Waals surface area contributed by atoms with Gasteiger partial charge in [0.25, 0.3) is 5.91 Å². The standard InChI is InChI=1S/C17H16F2N2O3/c18-12-3-4-13(14(19)10-12)17(23)21-7-5-20(6-8-21)11-15(22)16-2-1-9-24-16/h1-4,9-10H,5-8,11H2. The van der Waals surface area contributed by atoms with E-state index in [4.69, 9.17) is 4.42 Å². The number of amides is 1. The van der Waals surface area contributed by atoms with E-state index in [1.807, 2.05) is 4.90 Å². The molecule has 5 nitrogen and oxygen atoms in total. The maximum absolute atomic E-state index is 13.7. The molecule has 1 amide bonds. The van der Waals surface area contributed by atoms with Crippen LogP contribution in [0.5, 0.6) is 0 Å². The van der Waals surface area contributed by atoms with Gasteiger partial charge < -0.3 is 9.32 Å². The third-order valence-electron chi connectivity index (χ3n) is 3.98. The summed E-state index contributed by atoms with van der Waals surface area (Å²) in [5.41, 5.74) is -0.142. The van der Waals surface area contributed by atoms with Crippen molar-refractivity contribution >= 4 is 11.7 Å². The molecule has 1 aromatic heterocycles. The fourth-order valence-corrected chi connectivity index (χ4v) is 2.66. The van der Waals surface area contributed by atoms with Gasteiger partial charge in [0.2, 0.25) is 5.78 Å². The number of benzene rings is 1. The molecule has 126 valence electrons. The largest absolute Gasteiger partial charge is 0.461 e. The van der Waals surface area contributed by atoms with Crippen LogP contribution in [0.15, 0.2) is 41.0 Å². The Morgan fingerprint density at radius 2 is 1.83 bits per heavy atom. The molecule has 2 aromatic rings. The third-order valence-corrected chi connectivity index (χ3v) is 3.98. The van der Waals surface area contributed by atoms with E-state index in [0.717, 1.165) is 12.1 Å². The summed E-state index contributed by atoms with van der Waals surface area (Å²) < 4.78 is 31.7. The van der Waals surface area contributed by atoms with Gasteiger partial charge in [0.05, 0.1) is 18.4 Å². The van der Waals surface area contributed by atoms with Crippen LogP contribution in [0.1, 0.15) is 20.9 Å². The molecule has 0 radical (unpaired) electrons. The SMILES string of the molecule is O=C(CN1CCN(C(=O)c2ccc(F)cc2F)CC1)c1ccco1. The second-order valence-electron chi connectivity index (χ2n) is 5.59. The minimum absolute atomic E-state index is 0.121. The lowest BCUT2D eigenvalue weighted by molar-refractivity contribution is 0.0616. The van der Waals surface area contributed by atoms with Crippen molar-refractivity contribution < 1.29 is 22.8 Å². The van der Waals surface area contributed by atoms with E-state index >= 15 is 0 Å². The first-order valence-corrected chi connectivity index (χ1v) is 7.58. The first kappa shape index (κ1) is 16.3. The average Bonchev–Trinajstić information content (AvgIpc) is 3.09. The normalized spacial score (nSPS) is 15.5. The predicted molar refractivity (Wildman–Crippen MR) is 81.7 cm³/mol. The highest BCUT2D eigenvalue weighted by atomic mass is 19.1. The Hall–Kier alpha value is -2.54. The fraction of sp³-hybridized carbons (Fsp3) is 0.294. The van der Waals surface area contributed by atoms with Crippen LogP contribution in [0.4, 0.5) is 8.78 Å². The highest BCUT2D eigenvalue weighted by Gasteiger charge is 2.25. The minimum atomic E-state index is -0.865. The fourth-order valence-electron chi connectivity index (χ4n) is 2.66. The van der Waals surface area contributed by atoms with Crippen LogP contribution in [-0.4, -0.2) is 54.2 Å². The molecular weight excluding hydrogens is 318 g/mol. The van der Waals surface area contributed by atoms with Crippen molar-refractivity contribution in [2.45, 2.75) is 0 Å². The molecule has 0 bridgehead atoms. The van der Waals surface area contributed by atoms with Crippen molar-refractivity contribution in [2.24, 2.45) is 0 Å². The number of hydrogen-bond acceptors (Lipinski definition) is 4. The van der Waals surface area contributed by atoms with Gasteiger partial charge in [-0.2, -0.15) is 0 Å². The smallest absolute Gasteiger partial charge is 0.256 e. The van der Waals surface area contributed by atoms with Crippen LogP contribution in [-0.2, 0) is 0 Å². The topological polar surface area (TPSA) is 53.8 Å². The van der Waals surface area contributed by atoms with Crippen LogP contribution in [0.3, 0.4) is 0 Å². The summed E-state index contributed by atoms with van der Waals surface area (Å²) >= 11 is 0. The molecule has 0 aliphatic carbocycles. The number of furan rings is 1. The monoisotopic (exact) mass is 334 g/mol. The quantitative estimate of drug-likeness (QED) is 0.805. The van der Waals surface area contributed by atoms with E-state index in [1.165, 1.54) is 11.2 Å². The van der Waals surface area contributed by atoms with Crippen molar-refractivity contribution in [3.05, 3.63) is 59.6 Å². The summed E-state index contributed by atoms with van der Waals surface area (Å²) in [5, 5.41) is 0. The van der Waals surface area contributed by atoms with Crippen LogP contribution in [0, 0.1) is 11.6 Å². The molecule has 0 unspecified atom stereocenters. The number of carbonyl (C=O) groups excluding carboxylic acids is 2. The van der Waals surface area contributed by atoms with Gasteiger partial charge in [0.15, 0.2) is 5.76 Å². The molecule has 1 aromatic carbocycles. The summed E-state index contributed by atoms with van der Waals surface area (Å²) in [4.78, 5) is 27.7. The molecule has 0 atom stereocenters. The van der Waals surface area contributed by atoms with Gasteiger partial charge in [-0.1, -0.05) is 0 Å². The molecule has 7 heteroatoms. The summed E-state index contributed by atoms with van der Waals surface area (Å²) in [6.07, 6.45) is 1.45. The predicted octanol–water partition coefficient (Wildman–Crippen LogP) is 2.20. The molecule has 1 aliphatic heterocycles. The Morgan fingerprint density at radius 1 is 1.08 bits per heavy atom.